The van der Waals surface area contributed by atoms with Gasteiger partial charge in [-0.3, -0.25) is 4.79 Å². The summed E-state index contributed by atoms with van der Waals surface area (Å²) < 4.78 is 1.21. The van der Waals surface area contributed by atoms with Crippen molar-refractivity contribution in [2.24, 2.45) is 7.05 Å². The Balaban J connectivity index is 1.92. The van der Waals surface area contributed by atoms with Gasteiger partial charge in [-0.1, -0.05) is 11.6 Å². The van der Waals surface area contributed by atoms with Crippen LogP contribution in [0.1, 0.15) is 12.0 Å². The number of nitrogens with one attached hydrogen (secondary N) is 2. The summed E-state index contributed by atoms with van der Waals surface area (Å²) in [6, 6.07) is 6.08. The molecular weight excluding hydrogens is 276 g/mol. The highest BCUT2D eigenvalue weighted by Gasteiger charge is 2.11. The molecule has 1 aliphatic heterocycles. The van der Waals surface area contributed by atoms with Crippen LogP contribution in [-0.4, -0.2) is 16.3 Å². The number of aryl methyl sites for hydroxylation is 2. The van der Waals surface area contributed by atoms with Crippen LogP contribution in [0.4, 0.5) is 17.1 Å². The molecule has 2 aromatic rings. The number of fused-ring (bicyclic) bond motifs is 1. The zero-order valence-electron chi connectivity index (χ0n) is 11.1. The second-order valence-corrected chi connectivity index (χ2v) is 5.21. The topological polar surface area (TPSA) is 59.0 Å². The summed E-state index contributed by atoms with van der Waals surface area (Å²) in [5.74, 6) is 0. The molecule has 0 radical (unpaired) electrons. The Morgan fingerprint density at radius 1 is 1.45 bits per heavy atom. The van der Waals surface area contributed by atoms with Crippen LogP contribution in [0.25, 0.3) is 0 Å². The maximum absolute atomic E-state index is 11.7. The third-order valence-electron chi connectivity index (χ3n) is 3.40. The van der Waals surface area contributed by atoms with Crippen LogP contribution in [0.15, 0.2) is 29.2 Å². The summed E-state index contributed by atoms with van der Waals surface area (Å²) in [6.45, 7) is 1.02. The average Bonchev–Trinajstić information content (AvgIpc) is 2.48. The van der Waals surface area contributed by atoms with Gasteiger partial charge in [0.05, 0.1) is 11.9 Å². The maximum atomic E-state index is 11.7. The van der Waals surface area contributed by atoms with Gasteiger partial charge in [0.1, 0.15) is 5.02 Å². The van der Waals surface area contributed by atoms with E-state index in [0.717, 1.165) is 25.1 Å². The van der Waals surface area contributed by atoms with E-state index >= 15 is 0 Å². The molecule has 5 nitrogen and oxygen atoms in total. The van der Waals surface area contributed by atoms with Gasteiger partial charge in [0.25, 0.3) is 5.56 Å². The van der Waals surface area contributed by atoms with E-state index in [0.29, 0.717) is 5.69 Å². The molecule has 1 aromatic carbocycles. The molecule has 0 fully saturated rings. The molecule has 6 heteroatoms. The van der Waals surface area contributed by atoms with Crippen LogP contribution in [0.3, 0.4) is 0 Å². The van der Waals surface area contributed by atoms with Gasteiger partial charge < -0.3 is 10.6 Å². The Morgan fingerprint density at radius 3 is 3.15 bits per heavy atom. The van der Waals surface area contributed by atoms with Crippen molar-refractivity contribution >= 4 is 28.7 Å². The van der Waals surface area contributed by atoms with Gasteiger partial charge in [0.15, 0.2) is 0 Å². The van der Waals surface area contributed by atoms with E-state index in [1.807, 2.05) is 12.1 Å². The predicted molar refractivity (Wildman–Crippen MR) is 81.0 cm³/mol. The highest BCUT2D eigenvalue weighted by Crippen LogP contribution is 2.28. The van der Waals surface area contributed by atoms with E-state index in [1.54, 1.807) is 13.2 Å². The quantitative estimate of drug-likeness (QED) is 0.892. The largest absolute Gasteiger partial charge is 0.385 e. The van der Waals surface area contributed by atoms with Gasteiger partial charge in [0, 0.05) is 25.0 Å². The van der Waals surface area contributed by atoms with Crippen LogP contribution >= 0.6 is 11.6 Å². The molecule has 0 saturated carbocycles. The van der Waals surface area contributed by atoms with Gasteiger partial charge in [-0.15, -0.1) is 0 Å². The minimum Gasteiger partial charge on any atom is -0.385 e. The summed E-state index contributed by atoms with van der Waals surface area (Å²) in [5.41, 5.74) is 3.57. The second kappa shape index (κ2) is 5.17. The SMILES string of the molecule is Cn1ncc(Nc2ccc3c(c2)CCCN3)c(Cl)c1=O. The number of hydrogen-bond acceptors (Lipinski definition) is 4. The third-order valence-corrected chi connectivity index (χ3v) is 3.77. The molecule has 104 valence electrons. The highest BCUT2D eigenvalue weighted by molar-refractivity contribution is 6.33. The molecular formula is C14H15ClN4O. The molecule has 0 amide bonds. The zero-order chi connectivity index (χ0) is 14.1. The van der Waals surface area contributed by atoms with Crippen molar-refractivity contribution in [2.45, 2.75) is 12.8 Å². The Morgan fingerprint density at radius 2 is 2.30 bits per heavy atom. The monoisotopic (exact) mass is 290 g/mol. The van der Waals surface area contributed by atoms with Crippen LogP contribution in [0.5, 0.6) is 0 Å². The molecule has 0 atom stereocenters. The summed E-state index contributed by atoms with van der Waals surface area (Å²) in [7, 11) is 1.57. The maximum Gasteiger partial charge on any atom is 0.287 e. The second-order valence-electron chi connectivity index (χ2n) is 4.83. The Bertz CT molecular complexity index is 711. The van der Waals surface area contributed by atoms with Crippen LogP contribution in [0, 0.1) is 0 Å². The predicted octanol–water partition coefficient (Wildman–Crippen LogP) is 2.54. The van der Waals surface area contributed by atoms with Crippen molar-refractivity contribution in [1.29, 1.82) is 0 Å². The number of hydrogen-bond donors (Lipinski definition) is 2. The van der Waals surface area contributed by atoms with E-state index in [2.05, 4.69) is 21.8 Å². The molecule has 0 saturated heterocycles. The first-order valence-electron chi connectivity index (χ1n) is 6.51. The van der Waals surface area contributed by atoms with Crippen molar-refractivity contribution in [3.63, 3.8) is 0 Å². The van der Waals surface area contributed by atoms with Gasteiger partial charge in [-0.05, 0) is 36.6 Å². The number of rotatable bonds is 2. The highest BCUT2D eigenvalue weighted by atomic mass is 35.5. The van der Waals surface area contributed by atoms with Crippen molar-refractivity contribution in [3.8, 4) is 0 Å². The summed E-state index contributed by atoms with van der Waals surface area (Å²) in [4.78, 5) is 11.7. The standard InChI is InChI=1S/C14H15ClN4O/c1-19-14(20)13(15)12(8-17-19)18-10-4-5-11-9(7-10)3-2-6-16-11/h4-5,7-8,16,18H,2-3,6H2,1H3. The molecule has 20 heavy (non-hydrogen) atoms. The lowest BCUT2D eigenvalue weighted by molar-refractivity contribution is 0.709. The fraction of sp³-hybridized carbons (Fsp3) is 0.286. The smallest absolute Gasteiger partial charge is 0.287 e. The zero-order valence-corrected chi connectivity index (χ0v) is 11.9. The van der Waals surface area contributed by atoms with E-state index in [-0.39, 0.29) is 10.6 Å². The molecule has 0 spiro atoms. The lowest BCUT2D eigenvalue weighted by atomic mass is 10.0. The summed E-state index contributed by atoms with van der Waals surface area (Å²) >= 11 is 6.04. The lowest BCUT2D eigenvalue weighted by Crippen LogP contribution is -2.20. The molecule has 2 heterocycles. The lowest BCUT2D eigenvalue weighted by Gasteiger charge is -2.19. The number of nitrogens with zero attached hydrogens (tertiary/aromatic N) is 2. The average molecular weight is 291 g/mol. The van der Waals surface area contributed by atoms with Crippen molar-refractivity contribution < 1.29 is 0 Å². The fourth-order valence-electron chi connectivity index (χ4n) is 2.31. The first kappa shape index (κ1) is 13.0. The van der Waals surface area contributed by atoms with E-state index < -0.39 is 0 Å². The molecule has 0 aliphatic carbocycles. The van der Waals surface area contributed by atoms with Gasteiger partial charge in [0.2, 0.25) is 0 Å². The van der Waals surface area contributed by atoms with Gasteiger partial charge in [-0.25, -0.2) is 4.68 Å². The normalized spacial score (nSPS) is 13.5. The van der Waals surface area contributed by atoms with Crippen LogP contribution in [0.2, 0.25) is 5.02 Å². The number of aromatic nitrogens is 2. The molecule has 2 N–H and O–H groups in total. The van der Waals surface area contributed by atoms with Crippen LogP contribution in [-0.2, 0) is 13.5 Å². The molecule has 1 aromatic heterocycles. The van der Waals surface area contributed by atoms with E-state index in [4.69, 9.17) is 11.6 Å². The summed E-state index contributed by atoms with van der Waals surface area (Å²) in [5, 5.41) is 10.6. The molecule has 1 aliphatic rings. The third kappa shape index (κ3) is 2.36. The molecule has 3 rings (SSSR count). The fourth-order valence-corrected chi connectivity index (χ4v) is 2.52. The van der Waals surface area contributed by atoms with E-state index in [1.165, 1.54) is 15.9 Å². The Hall–Kier alpha value is -2.01. The first-order valence-corrected chi connectivity index (χ1v) is 6.88. The Kier molecular flexibility index (Phi) is 3.36. The first-order chi connectivity index (χ1) is 9.65. The minimum absolute atomic E-state index is 0.151. The Labute approximate surface area is 121 Å². The number of benzene rings is 1. The molecule has 0 bridgehead atoms. The van der Waals surface area contributed by atoms with E-state index in [9.17, 15) is 4.79 Å². The van der Waals surface area contributed by atoms with Crippen molar-refractivity contribution in [3.05, 3.63) is 45.3 Å². The van der Waals surface area contributed by atoms with Gasteiger partial charge in [-0.2, -0.15) is 5.10 Å². The van der Waals surface area contributed by atoms with Crippen molar-refractivity contribution in [2.75, 3.05) is 17.2 Å². The van der Waals surface area contributed by atoms with Crippen LogP contribution < -0.4 is 16.2 Å². The minimum atomic E-state index is -0.309. The number of anilines is 3. The van der Waals surface area contributed by atoms with Gasteiger partial charge >= 0.3 is 0 Å². The molecule has 0 unspecified atom stereocenters. The summed E-state index contributed by atoms with van der Waals surface area (Å²) in [6.07, 6.45) is 3.74. The number of halogens is 1. The van der Waals surface area contributed by atoms with Crippen molar-refractivity contribution in [1.82, 2.24) is 9.78 Å².